The zero-order valence-electron chi connectivity index (χ0n) is 9.66. The predicted molar refractivity (Wildman–Crippen MR) is 66.5 cm³/mol. The summed E-state index contributed by atoms with van der Waals surface area (Å²) in [6.45, 7) is 2.03. The molecule has 1 aromatic heterocycles. The van der Waals surface area contributed by atoms with Crippen molar-refractivity contribution in [3.8, 4) is 11.5 Å². The van der Waals surface area contributed by atoms with Crippen LogP contribution in [0.3, 0.4) is 0 Å². The topological polar surface area (TPSA) is 73.3 Å². The minimum absolute atomic E-state index is 0.0203. The summed E-state index contributed by atoms with van der Waals surface area (Å²) < 4.78 is 0. The number of rotatable bonds is 3. The maximum atomic E-state index is 11.8. The van der Waals surface area contributed by atoms with E-state index < -0.39 is 0 Å². The standard InChI is InChI=1S/C13H15NO3/c1-2-3-4-9-12(16)10-7-8(15)5-6-11(10)14-13(9)17/h5-7,15H,2-4H2,1H3,(H2,14,16,17). The minimum Gasteiger partial charge on any atom is -0.508 e. The first-order valence-electron chi connectivity index (χ1n) is 5.70. The van der Waals surface area contributed by atoms with Gasteiger partial charge >= 0.3 is 0 Å². The summed E-state index contributed by atoms with van der Waals surface area (Å²) in [5, 5.41) is 19.9. The van der Waals surface area contributed by atoms with E-state index in [4.69, 9.17) is 0 Å². The first kappa shape index (κ1) is 11.5. The number of aromatic nitrogens is 1. The summed E-state index contributed by atoms with van der Waals surface area (Å²) in [7, 11) is 0. The summed E-state index contributed by atoms with van der Waals surface area (Å²) in [6.07, 6.45) is 2.35. The monoisotopic (exact) mass is 233 g/mol. The zero-order chi connectivity index (χ0) is 12.4. The normalized spacial score (nSPS) is 10.9. The lowest BCUT2D eigenvalue weighted by atomic mass is 10.1. The van der Waals surface area contributed by atoms with Gasteiger partial charge in [-0.3, -0.25) is 4.79 Å². The molecule has 0 fully saturated rings. The summed E-state index contributed by atoms with van der Waals surface area (Å²) >= 11 is 0. The summed E-state index contributed by atoms with van der Waals surface area (Å²) in [5.74, 6) is 0.0504. The lowest BCUT2D eigenvalue weighted by molar-refractivity contribution is 0.466. The van der Waals surface area contributed by atoms with Crippen LogP contribution in [0.4, 0.5) is 0 Å². The Hall–Kier alpha value is -1.97. The Balaban J connectivity index is 2.65. The van der Waals surface area contributed by atoms with Gasteiger partial charge < -0.3 is 15.2 Å². The van der Waals surface area contributed by atoms with Crippen LogP contribution in [-0.4, -0.2) is 15.2 Å². The average molecular weight is 233 g/mol. The molecule has 0 amide bonds. The third-order valence-electron chi connectivity index (χ3n) is 2.85. The molecule has 0 spiro atoms. The maximum absolute atomic E-state index is 11.8. The molecule has 0 aliphatic heterocycles. The number of hydrogen-bond acceptors (Lipinski definition) is 3. The first-order valence-corrected chi connectivity index (χ1v) is 5.70. The first-order chi connectivity index (χ1) is 8.13. The van der Waals surface area contributed by atoms with E-state index in [-0.39, 0.29) is 17.1 Å². The van der Waals surface area contributed by atoms with Crippen LogP contribution in [0.15, 0.2) is 23.0 Å². The van der Waals surface area contributed by atoms with Crippen molar-refractivity contribution in [2.45, 2.75) is 26.2 Å². The molecule has 4 nitrogen and oxygen atoms in total. The lowest BCUT2D eigenvalue weighted by Crippen LogP contribution is -2.12. The molecule has 0 atom stereocenters. The van der Waals surface area contributed by atoms with Crippen molar-refractivity contribution in [3.63, 3.8) is 0 Å². The van der Waals surface area contributed by atoms with Crippen LogP contribution >= 0.6 is 0 Å². The van der Waals surface area contributed by atoms with Crippen LogP contribution in [0, 0.1) is 0 Å². The van der Waals surface area contributed by atoms with Gasteiger partial charge in [-0.05, 0) is 31.0 Å². The van der Waals surface area contributed by atoms with Gasteiger partial charge in [0.05, 0.1) is 11.1 Å². The number of phenolic OH excluding ortho intramolecular Hbond substituents is 1. The zero-order valence-corrected chi connectivity index (χ0v) is 9.66. The highest BCUT2D eigenvalue weighted by Crippen LogP contribution is 2.28. The van der Waals surface area contributed by atoms with E-state index in [1.807, 2.05) is 6.92 Å². The molecule has 0 unspecified atom stereocenters. The highest BCUT2D eigenvalue weighted by Gasteiger charge is 2.11. The Morgan fingerprint density at radius 2 is 2.06 bits per heavy atom. The fourth-order valence-electron chi connectivity index (χ4n) is 1.89. The van der Waals surface area contributed by atoms with Crippen LogP contribution < -0.4 is 5.56 Å². The molecule has 90 valence electrons. The minimum atomic E-state index is -0.255. The fraction of sp³-hybridized carbons (Fsp3) is 0.308. The number of aromatic hydroxyl groups is 2. The van der Waals surface area contributed by atoms with Crippen molar-refractivity contribution in [2.75, 3.05) is 0 Å². The second kappa shape index (κ2) is 4.49. The Bertz CT molecular complexity index is 601. The molecule has 4 heteroatoms. The number of unbranched alkanes of at least 4 members (excludes halogenated alkanes) is 1. The second-order valence-corrected chi connectivity index (χ2v) is 4.11. The summed E-state index contributed by atoms with van der Waals surface area (Å²) in [6, 6.07) is 4.51. The third-order valence-corrected chi connectivity index (χ3v) is 2.85. The fourth-order valence-corrected chi connectivity index (χ4v) is 1.89. The van der Waals surface area contributed by atoms with Gasteiger partial charge in [0, 0.05) is 5.39 Å². The molecule has 0 aliphatic rings. The molecular weight excluding hydrogens is 218 g/mol. The number of H-pyrrole nitrogens is 1. The van der Waals surface area contributed by atoms with Crippen LogP contribution in [0.25, 0.3) is 10.9 Å². The van der Waals surface area contributed by atoms with E-state index in [1.165, 1.54) is 12.1 Å². The van der Waals surface area contributed by atoms with E-state index >= 15 is 0 Å². The van der Waals surface area contributed by atoms with E-state index in [1.54, 1.807) is 6.07 Å². The number of pyridine rings is 1. The van der Waals surface area contributed by atoms with Gasteiger partial charge in [0.25, 0.3) is 5.56 Å². The van der Waals surface area contributed by atoms with E-state index in [2.05, 4.69) is 4.98 Å². The van der Waals surface area contributed by atoms with Gasteiger partial charge in [-0.1, -0.05) is 13.3 Å². The average Bonchev–Trinajstić information content (AvgIpc) is 2.30. The molecule has 17 heavy (non-hydrogen) atoms. The van der Waals surface area contributed by atoms with Gasteiger partial charge in [0.2, 0.25) is 0 Å². The third kappa shape index (κ3) is 2.11. The number of nitrogens with one attached hydrogen (secondary N) is 1. The molecule has 0 bridgehead atoms. The Morgan fingerprint density at radius 3 is 2.76 bits per heavy atom. The van der Waals surface area contributed by atoms with E-state index in [9.17, 15) is 15.0 Å². The molecule has 2 aromatic rings. The van der Waals surface area contributed by atoms with Crippen LogP contribution in [0.1, 0.15) is 25.3 Å². The molecular formula is C13H15NO3. The number of hydrogen-bond donors (Lipinski definition) is 3. The number of aromatic amines is 1. The Labute approximate surface area is 98.5 Å². The largest absolute Gasteiger partial charge is 0.508 e. The van der Waals surface area contributed by atoms with Crippen molar-refractivity contribution in [1.29, 1.82) is 0 Å². The molecule has 0 saturated heterocycles. The van der Waals surface area contributed by atoms with Gasteiger partial charge in [-0.2, -0.15) is 0 Å². The summed E-state index contributed by atoms with van der Waals surface area (Å²) in [5.41, 5.74) is 0.671. The Morgan fingerprint density at radius 1 is 1.29 bits per heavy atom. The number of phenols is 1. The van der Waals surface area contributed by atoms with Gasteiger partial charge in [-0.15, -0.1) is 0 Å². The highest BCUT2D eigenvalue weighted by atomic mass is 16.3. The van der Waals surface area contributed by atoms with Gasteiger partial charge in [0.15, 0.2) is 0 Å². The van der Waals surface area contributed by atoms with Crippen LogP contribution in [0.5, 0.6) is 11.5 Å². The quantitative estimate of drug-likeness (QED) is 0.761. The van der Waals surface area contributed by atoms with Crippen molar-refractivity contribution in [1.82, 2.24) is 4.98 Å². The molecule has 1 heterocycles. The smallest absolute Gasteiger partial charge is 0.255 e. The highest BCUT2D eigenvalue weighted by molar-refractivity contribution is 5.86. The predicted octanol–water partition coefficient (Wildman–Crippen LogP) is 2.28. The molecule has 3 N–H and O–H groups in total. The number of fused-ring (bicyclic) bond motifs is 1. The van der Waals surface area contributed by atoms with Crippen LogP contribution in [-0.2, 0) is 6.42 Å². The Kier molecular flexibility index (Phi) is 3.04. The van der Waals surface area contributed by atoms with Crippen molar-refractivity contribution in [3.05, 3.63) is 34.1 Å². The van der Waals surface area contributed by atoms with Crippen molar-refractivity contribution >= 4 is 10.9 Å². The molecule has 0 saturated carbocycles. The molecule has 2 rings (SSSR count). The van der Waals surface area contributed by atoms with Gasteiger partial charge in [-0.25, -0.2) is 0 Å². The van der Waals surface area contributed by atoms with Crippen LogP contribution in [0.2, 0.25) is 0 Å². The SMILES string of the molecule is CCCCc1c(O)c2cc(O)ccc2[nH]c1=O. The summed E-state index contributed by atoms with van der Waals surface area (Å²) in [4.78, 5) is 14.5. The van der Waals surface area contributed by atoms with Crippen molar-refractivity contribution in [2.24, 2.45) is 0 Å². The van der Waals surface area contributed by atoms with Gasteiger partial charge in [0.1, 0.15) is 11.5 Å². The van der Waals surface area contributed by atoms with E-state index in [0.29, 0.717) is 22.9 Å². The lowest BCUT2D eigenvalue weighted by Gasteiger charge is -2.07. The molecule has 0 aliphatic carbocycles. The molecule has 0 radical (unpaired) electrons. The maximum Gasteiger partial charge on any atom is 0.255 e. The second-order valence-electron chi connectivity index (χ2n) is 4.11. The van der Waals surface area contributed by atoms with E-state index in [0.717, 1.165) is 12.8 Å². The van der Waals surface area contributed by atoms with Crippen molar-refractivity contribution < 1.29 is 10.2 Å². The number of benzene rings is 1. The molecule has 1 aromatic carbocycles.